The lowest BCUT2D eigenvalue weighted by molar-refractivity contribution is -0.274. The summed E-state index contributed by atoms with van der Waals surface area (Å²) in [5, 5.41) is 0. The van der Waals surface area contributed by atoms with Crippen LogP contribution in [0, 0.1) is 0 Å². The Morgan fingerprint density at radius 3 is 2.29 bits per heavy atom. The van der Waals surface area contributed by atoms with E-state index in [0.29, 0.717) is 11.3 Å². The summed E-state index contributed by atoms with van der Waals surface area (Å²) in [5.74, 6) is -0.251. The minimum Gasteiger partial charge on any atom is -0.405 e. The van der Waals surface area contributed by atoms with Gasteiger partial charge in [-0.05, 0) is 24.3 Å². The van der Waals surface area contributed by atoms with Gasteiger partial charge in [-0.2, -0.15) is 0 Å². The maximum Gasteiger partial charge on any atom is 0.573 e. The minimum atomic E-state index is -4.70. The average molecular weight is 239 g/mol. The van der Waals surface area contributed by atoms with Crippen LogP contribution in [0.5, 0.6) is 5.75 Å². The molecule has 0 fully saturated rings. The highest BCUT2D eigenvalue weighted by atomic mass is 19.4. The molecule has 0 radical (unpaired) electrons. The van der Waals surface area contributed by atoms with Crippen LogP contribution in [0.1, 0.15) is 0 Å². The molecule has 0 N–H and O–H groups in total. The second-order valence-electron chi connectivity index (χ2n) is 3.26. The van der Waals surface area contributed by atoms with Crippen molar-refractivity contribution in [1.29, 1.82) is 0 Å². The van der Waals surface area contributed by atoms with Gasteiger partial charge in [-0.3, -0.25) is 4.98 Å². The summed E-state index contributed by atoms with van der Waals surface area (Å²) in [7, 11) is 0. The van der Waals surface area contributed by atoms with Crippen LogP contribution in [-0.4, -0.2) is 11.3 Å². The molecule has 2 aromatic rings. The monoisotopic (exact) mass is 239 g/mol. The molecule has 1 aromatic heterocycles. The Labute approximate surface area is 95.7 Å². The van der Waals surface area contributed by atoms with E-state index in [1.54, 1.807) is 24.3 Å². The second-order valence-corrected chi connectivity index (χ2v) is 3.26. The van der Waals surface area contributed by atoms with Gasteiger partial charge in [-0.15, -0.1) is 13.2 Å². The molecule has 0 aliphatic carbocycles. The van der Waals surface area contributed by atoms with Gasteiger partial charge in [-0.25, -0.2) is 0 Å². The molecule has 0 unspecified atom stereocenters. The second kappa shape index (κ2) is 4.45. The Bertz CT molecular complexity index is 497. The summed E-state index contributed by atoms with van der Waals surface area (Å²) in [4.78, 5) is 3.99. The standard InChI is InChI=1S/C12H8F3NO/c13-12(14,15)17-11-7-2-1-5-9(11)10-6-3-4-8-16-10/h1-8H. The fraction of sp³-hybridized carbons (Fsp3) is 0.0833. The van der Waals surface area contributed by atoms with Crippen LogP contribution in [0.3, 0.4) is 0 Å². The summed E-state index contributed by atoms with van der Waals surface area (Å²) in [6, 6.07) is 10.9. The largest absolute Gasteiger partial charge is 0.573 e. The molecule has 0 bridgehead atoms. The number of hydrogen-bond acceptors (Lipinski definition) is 2. The predicted octanol–water partition coefficient (Wildman–Crippen LogP) is 3.65. The van der Waals surface area contributed by atoms with Crippen LogP contribution in [0.25, 0.3) is 11.3 Å². The van der Waals surface area contributed by atoms with Crippen LogP contribution >= 0.6 is 0 Å². The molecule has 5 heteroatoms. The fourth-order valence-electron chi connectivity index (χ4n) is 1.41. The quantitative estimate of drug-likeness (QED) is 0.798. The van der Waals surface area contributed by atoms with Crippen LogP contribution in [0.15, 0.2) is 48.7 Å². The first kappa shape index (κ1) is 11.4. The summed E-state index contributed by atoms with van der Waals surface area (Å²) < 4.78 is 40.5. The van der Waals surface area contributed by atoms with Gasteiger partial charge < -0.3 is 4.74 Å². The molecule has 0 amide bonds. The van der Waals surface area contributed by atoms with Gasteiger partial charge in [0.25, 0.3) is 0 Å². The van der Waals surface area contributed by atoms with Crippen molar-refractivity contribution in [1.82, 2.24) is 4.98 Å². The first-order valence-corrected chi connectivity index (χ1v) is 4.82. The third-order valence-corrected chi connectivity index (χ3v) is 2.05. The van der Waals surface area contributed by atoms with Crippen LogP contribution in [0.2, 0.25) is 0 Å². The molecule has 0 spiro atoms. The van der Waals surface area contributed by atoms with Crippen LogP contribution < -0.4 is 4.74 Å². The van der Waals surface area contributed by atoms with E-state index < -0.39 is 6.36 Å². The van der Waals surface area contributed by atoms with Gasteiger partial charge in [0.1, 0.15) is 5.75 Å². The summed E-state index contributed by atoms with van der Waals surface area (Å²) >= 11 is 0. The van der Waals surface area contributed by atoms with E-state index in [4.69, 9.17) is 0 Å². The molecule has 88 valence electrons. The first-order chi connectivity index (χ1) is 8.06. The highest BCUT2D eigenvalue weighted by molar-refractivity contribution is 5.66. The first-order valence-electron chi connectivity index (χ1n) is 4.82. The number of para-hydroxylation sites is 1. The van der Waals surface area contributed by atoms with Crippen molar-refractivity contribution in [3.63, 3.8) is 0 Å². The molecular weight excluding hydrogens is 231 g/mol. The Kier molecular flexibility index (Phi) is 2.99. The third kappa shape index (κ3) is 2.96. The van der Waals surface area contributed by atoms with Crippen LogP contribution in [0.4, 0.5) is 13.2 Å². The molecular formula is C12H8F3NO. The van der Waals surface area contributed by atoms with E-state index in [1.807, 2.05) is 0 Å². The topological polar surface area (TPSA) is 22.1 Å². The predicted molar refractivity (Wildman–Crippen MR) is 56.4 cm³/mol. The van der Waals surface area contributed by atoms with E-state index in [1.165, 1.54) is 24.4 Å². The summed E-state index contributed by atoms with van der Waals surface area (Å²) in [6.45, 7) is 0. The highest BCUT2D eigenvalue weighted by Crippen LogP contribution is 2.32. The lowest BCUT2D eigenvalue weighted by atomic mass is 10.1. The van der Waals surface area contributed by atoms with E-state index in [0.717, 1.165) is 0 Å². The number of nitrogens with zero attached hydrogens (tertiary/aromatic N) is 1. The highest BCUT2D eigenvalue weighted by Gasteiger charge is 2.32. The molecule has 2 nitrogen and oxygen atoms in total. The van der Waals surface area contributed by atoms with Gasteiger partial charge in [-0.1, -0.05) is 18.2 Å². The van der Waals surface area contributed by atoms with Gasteiger partial charge in [0.2, 0.25) is 0 Å². The Balaban J connectivity index is 2.41. The molecule has 0 aliphatic heterocycles. The molecule has 0 aliphatic rings. The maximum atomic E-state index is 12.2. The molecule has 2 rings (SSSR count). The lowest BCUT2D eigenvalue weighted by Crippen LogP contribution is -2.17. The molecule has 1 heterocycles. The van der Waals surface area contributed by atoms with E-state index in [2.05, 4.69) is 9.72 Å². The van der Waals surface area contributed by atoms with Crippen molar-refractivity contribution in [3.8, 4) is 17.0 Å². The van der Waals surface area contributed by atoms with Crippen molar-refractivity contribution in [2.75, 3.05) is 0 Å². The van der Waals surface area contributed by atoms with Gasteiger partial charge in [0.15, 0.2) is 0 Å². The number of aromatic nitrogens is 1. The third-order valence-electron chi connectivity index (χ3n) is 2.05. The minimum absolute atomic E-state index is 0.251. The number of pyridine rings is 1. The molecule has 17 heavy (non-hydrogen) atoms. The number of alkyl halides is 3. The van der Waals surface area contributed by atoms with Crippen LogP contribution in [-0.2, 0) is 0 Å². The maximum absolute atomic E-state index is 12.2. The van der Waals surface area contributed by atoms with Gasteiger partial charge in [0.05, 0.1) is 5.69 Å². The number of benzene rings is 1. The smallest absolute Gasteiger partial charge is 0.405 e. The zero-order valence-electron chi connectivity index (χ0n) is 8.61. The number of rotatable bonds is 2. The fourth-order valence-corrected chi connectivity index (χ4v) is 1.41. The number of halogens is 3. The van der Waals surface area contributed by atoms with E-state index in [9.17, 15) is 13.2 Å². The van der Waals surface area contributed by atoms with E-state index >= 15 is 0 Å². The average Bonchev–Trinajstić information content (AvgIpc) is 2.29. The van der Waals surface area contributed by atoms with Crippen molar-refractivity contribution >= 4 is 0 Å². The molecule has 0 saturated carbocycles. The Hall–Kier alpha value is -2.04. The van der Waals surface area contributed by atoms with Crippen molar-refractivity contribution in [2.45, 2.75) is 6.36 Å². The molecule has 1 aromatic carbocycles. The summed E-state index contributed by atoms with van der Waals surface area (Å²) in [5.41, 5.74) is 0.748. The number of ether oxygens (including phenoxy) is 1. The van der Waals surface area contributed by atoms with E-state index in [-0.39, 0.29) is 5.75 Å². The Morgan fingerprint density at radius 2 is 1.65 bits per heavy atom. The molecule has 0 atom stereocenters. The lowest BCUT2D eigenvalue weighted by Gasteiger charge is -2.12. The molecule has 0 saturated heterocycles. The number of hydrogen-bond donors (Lipinski definition) is 0. The van der Waals surface area contributed by atoms with Gasteiger partial charge >= 0.3 is 6.36 Å². The zero-order chi connectivity index (χ0) is 12.3. The Morgan fingerprint density at radius 1 is 0.941 bits per heavy atom. The summed E-state index contributed by atoms with van der Waals surface area (Å²) in [6.07, 6.45) is -3.19. The van der Waals surface area contributed by atoms with Crippen molar-refractivity contribution in [2.24, 2.45) is 0 Å². The van der Waals surface area contributed by atoms with Crippen molar-refractivity contribution in [3.05, 3.63) is 48.7 Å². The van der Waals surface area contributed by atoms with Gasteiger partial charge in [0, 0.05) is 11.8 Å². The SMILES string of the molecule is FC(F)(F)Oc1ccccc1-c1ccccn1. The zero-order valence-corrected chi connectivity index (χ0v) is 8.61. The normalized spacial score (nSPS) is 11.2. The van der Waals surface area contributed by atoms with Crippen molar-refractivity contribution < 1.29 is 17.9 Å².